The van der Waals surface area contributed by atoms with E-state index in [0.29, 0.717) is 12.8 Å². The van der Waals surface area contributed by atoms with E-state index in [1.54, 1.807) is 0 Å². The van der Waals surface area contributed by atoms with Crippen LogP contribution in [-0.2, 0) is 0 Å². The van der Waals surface area contributed by atoms with Gasteiger partial charge in [-0.3, -0.25) is 0 Å². The van der Waals surface area contributed by atoms with Crippen molar-refractivity contribution in [3.63, 3.8) is 0 Å². The lowest BCUT2D eigenvalue weighted by molar-refractivity contribution is -0.151. The maximum atomic E-state index is 12.0. The molecule has 4 heteroatoms. The van der Waals surface area contributed by atoms with Crippen molar-refractivity contribution in [3.8, 4) is 0 Å². The fraction of sp³-hybridized carbons (Fsp3) is 1.00. The lowest BCUT2D eigenvalue weighted by Gasteiger charge is -2.40. The molecular weight excluding hydrogens is 205 g/mol. The Balaban J connectivity index is 2.42. The number of halogens is 3. The molecule has 1 N–H and O–H groups in total. The molecule has 1 aliphatic rings. The van der Waals surface area contributed by atoms with Crippen LogP contribution >= 0.6 is 0 Å². The summed E-state index contributed by atoms with van der Waals surface area (Å²) in [6.45, 7) is 4.19. The molecule has 0 aromatic rings. The van der Waals surface area contributed by atoms with Crippen LogP contribution in [0, 0.1) is 5.41 Å². The molecule has 0 atom stereocenters. The summed E-state index contributed by atoms with van der Waals surface area (Å²) >= 11 is 0. The fourth-order valence-corrected chi connectivity index (χ4v) is 2.02. The zero-order valence-electron chi connectivity index (χ0n) is 9.32. The first kappa shape index (κ1) is 12.8. The topological polar surface area (TPSA) is 20.2 Å². The Morgan fingerprint density at radius 3 is 1.93 bits per heavy atom. The third kappa shape index (κ3) is 4.41. The molecule has 1 nitrogen and oxygen atoms in total. The molecule has 1 rings (SSSR count). The van der Waals surface area contributed by atoms with Crippen molar-refractivity contribution in [2.75, 3.05) is 0 Å². The molecule has 1 fully saturated rings. The van der Waals surface area contributed by atoms with E-state index in [1.807, 2.05) is 0 Å². The minimum Gasteiger partial charge on any atom is -0.390 e. The second-order valence-corrected chi connectivity index (χ2v) is 5.50. The van der Waals surface area contributed by atoms with Crippen molar-refractivity contribution in [1.29, 1.82) is 0 Å². The molecule has 0 radical (unpaired) electrons. The van der Waals surface area contributed by atoms with Crippen molar-refractivity contribution in [1.82, 2.24) is 0 Å². The Kier molecular flexibility index (Phi) is 3.39. The Morgan fingerprint density at radius 2 is 1.53 bits per heavy atom. The van der Waals surface area contributed by atoms with Gasteiger partial charge in [0.05, 0.1) is 5.60 Å². The highest BCUT2D eigenvalue weighted by Crippen LogP contribution is 2.43. The van der Waals surface area contributed by atoms with Gasteiger partial charge in [-0.15, -0.1) is 0 Å². The van der Waals surface area contributed by atoms with Crippen LogP contribution in [0.4, 0.5) is 13.2 Å². The molecule has 0 aromatic carbocycles. The minimum absolute atomic E-state index is 0.146. The first-order valence-electron chi connectivity index (χ1n) is 5.41. The number of aliphatic hydroxyl groups is 1. The SMILES string of the molecule is CC1(C)CCC(O)(CCC(F)(F)F)CC1. The average Bonchev–Trinajstić information content (AvgIpc) is 2.07. The first-order chi connectivity index (χ1) is 6.62. The van der Waals surface area contributed by atoms with Gasteiger partial charge in [-0.25, -0.2) is 0 Å². The predicted octanol–water partition coefficient (Wildman–Crippen LogP) is 3.66. The highest BCUT2D eigenvalue weighted by Gasteiger charge is 2.39. The smallest absolute Gasteiger partial charge is 0.389 e. The van der Waals surface area contributed by atoms with E-state index in [0.717, 1.165) is 12.8 Å². The van der Waals surface area contributed by atoms with E-state index in [4.69, 9.17) is 0 Å². The zero-order chi connectivity index (χ0) is 11.7. The van der Waals surface area contributed by atoms with E-state index < -0.39 is 18.2 Å². The van der Waals surface area contributed by atoms with Gasteiger partial charge >= 0.3 is 6.18 Å². The van der Waals surface area contributed by atoms with E-state index in [1.165, 1.54) is 0 Å². The largest absolute Gasteiger partial charge is 0.390 e. The Morgan fingerprint density at radius 1 is 1.07 bits per heavy atom. The van der Waals surface area contributed by atoms with Crippen molar-refractivity contribution >= 4 is 0 Å². The molecule has 0 heterocycles. The molecule has 0 aliphatic heterocycles. The first-order valence-corrected chi connectivity index (χ1v) is 5.41. The highest BCUT2D eigenvalue weighted by molar-refractivity contribution is 4.89. The van der Waals surface area contributed by atoms with Gasteiger partial charge in [-0.05, 0) is 37.5 Å². The van der Waals surface area contributed by atoms with Gasteiger partial charge < -0.3 is 5.11 Å². The van der Waals surface area contributed by atoms with Crippen molar-refractivity contribution in [2.45, 2.75) is 64.1 Å². The summed E-state index contributed by atoms with van der Waals surface area (Å²) in [4.78, 5) is 0. The van der Waals surface area contributed by atoms with Gasteiger partial charge in [-0.2, -0.15) is 13.2 Å². The summed E-state index contributed by atoms with van der Waals surface area (Å²) in [6, 6.07) is 0. The van der Waals surface area contributed by atoms with Gasteiger partial charge in [-0.1, -0.05) is 13.8 Å². The monoisotopic (exact) mass is 224 g/mol. The van der Waals surface area contributed by atoms with Crippen LogP contribution in [0.5, 0.6) is 0 Å². The molecule has 0 unspecified atom stereocenters. The number of hydrogen-bond donors (Lipinski definition) is 1. The van der Waals surface area contributed by atoms with E-state index in [-0.39, 0.29) is 11.8 Å². The molecule has 0 spiro atoms. The molecule has 0 bridgehead atoms. The summed E-state index contributed by atoms with van der Waals surface area (Å²) in [5.74, 6) is 0. The van der Waals surface area contributed by atoms with E-state index in [2.05, 4.69) is 13.8 Å². The molecule has 0 saturated heterocycles. The summed E-state index contributed by atoms with van der Waals surface area (Å²) in [5.41, 5.74) is -0.907. The molecule has 15 heavy (non-hydrogen) atoms. The highest BCUT2D eigenvalue weighted by atomic mass is 19.4. The van der Waals surface area contributed by atoms with Crippen molar-refractivity contribution in [2.24, 2.45) is 5.41 Å². The molecule has 0 amide bonds. The third-order valence-electron chi connectivity index (χ3n) is 3.41. The molecular formula is C11H19F3O. The van der Waals surface area contributed by atoms with Gasteiger partial charge in [0, 0.05) is 6.42 Å². The second-order valence-electron chi connectivity index (χ2n) is 5.50. The Bertz CT molecular complexity index is 210. The van der Waals surface area contributed by atoms with Crippen LogP contribution in [0.1, 0.15) is 52.4 Å². The Hall–Kier alpha value is -0.250. The van der Waals surface area contributed by atoms with E-state index >= 15 is 0 Å². The minimum atomic E-state index is -4.15. The summed E-state index contributed by atoms with van der Waals surface area (Å²) in [7, 11) is 0. The molecule has 1 saturated carbocycles. The van der Waals surface area contributed by atoms with Crippen molar-refractivity contribution < 1.29 is 18.3 Å². The molecule has 90 valence electrons. The summed E-state index contributed by atoms with van der Waals surface area (Å²) in [5, 5.41) is 9.97. The number of alkyl halides is 3. The van der Waals surface area contributed by atoms with Crippen LogP contribution in [0.15, 0.2) is 0 Å². The Labute approximate surface area is 88.7 Å². The quantitative estimate of drug-likeness (QED) is 0.759. The zero-order valence-corrected chi connectivity index (χ0v) is 9.32. The maximum Gasteiger partial charge on any atom is 0.389 e. The van der Waals surface area contributed by atoms with Crippen LogP contribution in [-0.4, -0.2) is 16.9 Å². The third-order valence-corrected chi connectivity index (χ3v) is 3.41. The van der Waals surface area contributed by atoms with Gasteiger partial charge in [0.2, 0.25) is 0 Å². The van der Waals surface area contributed by atoms with Crippen LogP contribution < -0.4 is 0 Å². The maximum absolute atomic E-state index is 12.0. The normalized spacial score (nSPS) is 25.2. The molecule has 1 aliphatic carbocycles. The summed E-state index contributed by atoms with van der Waals surface area (Å²) in [6.07, 6.45) is -2.56. The van der Waals surface area contributed by atoms with Crippen LogP contribution in [0.3, 0.4) is 0 Å². The van der Waals surface area contributed by atoms with Gasteiger partial charge in [0.25, 0.3) is 0 Å². The standard InChI is InChI=1S/C11H19F3O/c1-9(2)3-5-10(15,6-4-9)7-8-11(12,13)14/h15H,3-8H2,1-2H3. The van der Waals surface area contributed by atoms with Gasteiger partial charge in [0.15, 0.2) is 0 Å². The lowest BCUT2D eigenvalue weighted by Crippen LogP contribution is -2.37. The van der Waals surface area contributed by atoms with Crippen LogP contribution in [0.2, 0.25) is 0 Å². The predicted molar refractivity (Wildman–Crippen MR) is 52.5 cm³/mol. The van der Waals surface area contributed by atoms with Crippen LogP contribution in [0.25, 0.3) is 0 Å². The lowest BCUT2D eigenvalue weighted by atomic mass is 9.70. The van der Waals surface area contributed by atoms with Crippen molar-refractivity contribution in [3.05, 3.63) is 0 Å². The summed E-state index contributed by atoms with van der Waals surface area (Å²) < 4.78 is 36.1. The number of hydrogen-bond acceptors (Lipinski definition) is 1. The average molecular weight is 224 g/mol. The fourth-order valence-electron chi connectivity index (χ4n) is 2.02. The second kappa shape index (κ2) is 3.96. The molecule has 0 aromatic heterocycles. The number of rotatable bonds is 2. The van der Waals surface area contributed by atoms with Gasteiger partial charge in [0.1, 0.15) is 0 Å². The van der Waals surface area contributed by atoms with E-state index in [9.17, 15) is 18.3 Å².